The molecule has 0 amide bonds. The van der Waals surface area contributed by atoms with Gasteiger partial charge in [0.1, 0.15) is 6.10 Å². The number of carboxylic acids is 1. The quantitative estimate of drug-likeness (QED) is 0.173. The number of allylic oxidation sites excluding steroid dienone is 1. The van der Waals surface area contributed by atoms with Gasteiger partial charge in [-0.1, -0.05) is 57.6 Å². The molecule has 0 heterocycles. The molecular weight excluding hydrogens is 356 g/mol. The van der Waals surface area contributed by atoms with Crippen molar-refractivity contribution in [2.75, 3.05) is 7.11 Å². The maximum Gasteiger partial charge on any atom is 0.338 e. The van der Waals surface area contributed by atoms with E-state index in [1.54, 1.807) is 13.8 Å². The summed E-state index contributed by atoms with van der Waals surface area (Å²) < 4.78 is 10.9. The summed E-state index contributed by atoms with van der Waals surface area (Å²) in [6, 6.07) is 0. The average molecular weight is 399 g/mol. The van der Waals surface area contributed by atoms with Crippen LogP contribution in [0.5, 0.6) is 0 Å². The van der Waals surface area contributed by atoms with Gasteiger partial charge in [0.25, 0.3) is 0 Å². The number of esters is 1. The molecule has 0 rings (SSSR count). The number of carbonyl (C=O) groups excluding carboxylic acids is 1. The Bertz CT molecular complexity index is 442. The van der Waals surface area contributed by atoms with Gasteiger partial charge >= 0.3 is 11.9 Å². The first kappa shape index (κ1) is 26.6. The third-order valence-corrected chi connectivity index (χ3v) is 4.98. The first-order valence-electron chi connectivity index (χ1n) is 11.0. The molecule has 5 heteroatoms. The Morgan fingerprint density at radius 3 is 2.25 bits per heavy atom. The molecule has 0 aromatic carbocycles. The molecule has 1 atom stereocenters. The van der Waals surface area contributed by atoms with Crippen molar-refractivity contribution < 1.29 is 24.2 Å². The molecule has 164 valence electrons. The van der Waals surface area contributed by atoms with Crippen LogP contribution in [0.3, 0.4) is 0 Å². The Hall–Kier alpha value is -1.36. The van der Waals surface area contributed by atoms with Gasteiger partial charge in [-0.05, 0) is 46.0 Å². The van der Waals surface area contributed by atoms with Gasteiger partial charge in [-0.15, -0.1) is 0 Å². The molecule has 0 aromatic rings. The lowest BCUT2D eigenvalue weighted by Crippen LogP contribution is -2.38. The number of carbonyl (C=O) groups is 2. The molecule has 5 nitrogen and oxygen atoms in total. The molecule has 0 aliphatic rings. The highest BCUT2D eigenvalue weighted by atomic mass is 16.6. The lowest BCUT2D eigenvalue weighted by Gasteiger charge is -2.25. The van der Waals surface area contributed by atoms with Crippen LogP contribution < -0.4 is 0 Å². The van der Waals surface area contributed by atoms with Crippen LogP contribution in [0.2, 0.25) is 0 Å². The Kier molecular flexibility index (Phi) is 15.8. The zero-order chi connectivity index (χ0) is 21.3. The van der Waals surface area contributed by atoms with Crippen molar-refractivity contribution >= 4 is 11.9 Å². The van der Waals surface area contributed by atoms with E-state index in [1.807, 2.05) is 0 Å². The summed E-state index contributed by atoms with van der Waals surface area (Å²) in [6.45, 7) is 5.65. The van der Waals surface area contributed by atoms with E-state index in [2.05, 4.69) is 19.1 Å². The Morgan fingerprint density at radius 2 is 1.61 bits per heavy atom. The number of hydrogen-bond donors (Lipinski definition) is 1. The van der Waals surface area contributed by atoms with Crippen LogP contribution in [0, 0.1) is 0 Å². The number of methoxy groups -OCH3 is 1. The summed E-state index contributed by atoms with van der Waals surface area (Å²) in [5, 5.41) is 8.60. The van der Waals surface area contributed by atoms with E-state index >= 15 is 0 Å². The lowest BCUT2D eigenvalue weighted by atomic mass is 10.0. The average Bonchev–Trinajstić information content (AvgIpc) is 2.65. The van der Waals surface area contributed by atoms with Crippen LogP contribution in [0.4, 0.5) is 0 Å². The standard InChI is InChI=1S/C23H42O5/c1-5-6-7-14-17-20(28-22(26)23(2,3)27-4)18-15-12-10-8-9-11-13-16-19-21(24)25/h12,15,20H,5-11,13-14,16-19H2,1-4H3,(H,24,25)/b15-12-. The maximum atomic E-state index is 12.3. The van der Waals surface area contributed by atoms with Crippen molar-refractivity contribution in [3.8, 4) is 0 Å². The third kappa shape index (κ3) is 14.7. The fourth-order valence-electron chi connectivity index (χ4n) is 2.83. The SMILES string of the molecule is CCCCCCC(C/C=C\CCCCCCCC(=O)O)OC(=O)C(C)(C)OC. The number of hydrogen-bond acceptors (Lipinski definition) is 4. The highest BCUT2D eigenvalue weighted by molar-refractivity contribution is 5.78. The van der Waals surface area contributed by atoms with Crippen molar-refractivity contribution in [2.24, 2.45) is 0 Å². The van der Waals surface area contributed by atoms with Gasteiger partial charge in [-0.3, -0.25) is 4.79 Å². The monoisotopic (exact) mass is 398 g/mol. The van der Waals surface area contributed by atoms with Gasteiger partial charge in [0, 0.05) is 20.0 Å². The molecule has 28 heavy (non-hydrogen) atoms. The van der Waals surface area contributed by atoms with Gasteiger partial charge in [-0.25, -0.2) is 4.79 Å². The lowest BCUT2D eigenvalue weighted by molar-refractivity contribution is -0.170. The van der Waals surface area contributed by atoms with Crippen molar-refractivity contribution in [3.63, 3.8) is 0 Å². The molecule has 0 saturated carbocycles. The fraction of sp³-hybridized carbons (Fsp3) is 0.826. The van der Waals surface area contributed by atoms with E-state index in [1.165, 1.54) is 26.4 Å². The van der Waals surface area contributed by atoms with E-state index in [-0.39, 0.29) is 18.5 Å². The van der Waals surface area contributed by atoms with Crippen molar-refractivity contribution in [1.82, 2.24) is 0 Å². The van der Waals surface area contributed by atoms with Crippen LogP contribution >= 0.6 is 0 Å². The summed E-state index contributed by atoms with van der Waals surface area (Å²) in [5.41, 5.74) is -0.911. The fourth-order valence-corrected chi connectivity index (χ4v) is 2.83. The van der Waals surface area contributed by atoms with Crippen LogP contribution in [-0.4, -0.2) is 35.9 Å². The normalized spacial score (nSPS) is 13.0. The number of aliphatic carboxylic acids is 1. The first-order valence-corrected chi connectivity index (χ1v) is 11.0. The highest BCUT2D eigenvalue weighted by Gasteiger charge is 2.30. The van der Waals surface area contributed by atoms with E-state index in [9.17, 15) is 9.59 Å². The molecule has 0 spiro atoms. The molecule has 0 fully saturated rings. The highest BCUT2D eigenvalue weighted by Crippen LogP contribution is 2.18. The van der Waals surface area contributed by atoms with Crippen LogP contribution in [0.15, 0.2) is 12.2 Å². The van der Waals surface area contributed by atoms with Crippen LogP contribution in [0.1, 0.15) is 104 Å². The molecular formula is C23H42O5. The Balaban J connectivity index is 4.15. The number of ether oxygens (including phenoxy) is 2. The van der Waals surface area contributed by atoms with Gasteiger partial charge in [0.05, 0.1) is 0 Å². The molecule has 0 aliphatic carbocycles. The molecule has 0 saturated heterocycles. The number of unbranched alkanes of at least 4 members (excludes halogenated alkanes) is 8. The predicted molar refractivity (Wildman–Crippen MR) is 113 cm³/mol. The van der Waals surface area contributed by atoms with Gasteiger partial charge in [0.2, 0.25) is 0 Å². The molecule has 0 radical (unpaired) electrons. The maximum absolute atomic E-state index is 12.3. The van der Waals surface area contributed by atoms with E-state index in [4.69, 9.17) is 14.6 Å². The summed E-state index contributed by atoms with van der Waals surface area (Å²) >= 11 is 0. The van der Waals surface area contributed by atoms with Crippen LogP contribution in [0.25, 0.3) is 0 Å². The molecule has 0 aliphatic heterocycles. The van der Waals surface area contributed by atoms with Crippen molar-refractivity contribution in [1.29, 1.82) is 0 Å². The zero-order valence-electron chi connectivity index (χ0n) is 18.5. The Labute approximate surface area is 171 Å². The van der Waals surface area contributed by atoms with E-state index in [0.29, 0.717) is 0 Å². The smallest absolute Gasteiger partial charge is 0.338 e. The second-order valence-electron chi connectivity index (χ2n) is 8.00. The molecule has 1 N–H and O–H groups in total. The minimum Gasteiger partial charge on any atom is -0.481 e. The van der Waals surface area contributed by atoms with Gasteiger partial charge < -0.3 is 14.6 Å². The van der Waals surface area contributed by atoms with E-state index in [0.717, 1.165) is 57.8 Å². The summed E-state index contributed by atoms with van der Waals surface area (Å²) in [6.07, 6.45) is 16.9. The minimum atomic E-state index is -0.911. The summed E-state index contributed by atoms with van der Waals surface area (Å²) in [4.78, 5) is 22.7. The molecule has 0 aromatic heterocycles. The topological polar surface area (TPSA) is 72.8 Å². The third-order valence-electron chi connectivity index (χ3n) is 4.98. The summed E-state index contributed by atoms with van der Waals surface area (Å²) in [5.74, 6) is -1.01. The van der Waals surface area contributed by atoms with Crippen molar-refractivity contribution in [3.05, 3.63) is 12.2 Å². The van der Waals surface area contributed by atoms with Crippen LogP contribution in [-0.2, 0) is 19.1 Å². The molecule has 0 bridgehead atoms. The largest absolute Gasteiger partial charge is 0.481 e. The Morgan fingerprint density at radius 1 is 0.964 bits per heavy atom. The first-order chi connectivity index (χ1) is 13.3. The number of carboxylic acid groups (broad SMARTS) is 1. The van der Waals surface area contributed by atoms with E-state index < -0.39 is 11.6 Å². The van der Waals surface area contributed by atoms with Gasteiger partial charge in [-0.2, -0.15) is 0 Å². The van der Waals surface area contributed by atoms with Gasteiger partial charge in [0.15, 0.2) is 5.60 Å². The second-order valence-corrected chi connectivity index (χ2v) is 8.00. The zero-order valence-corrected chi connectivity index (χ0v) is 18.5. The second kappa shape index (κ2) is 16.6. The number of rotatable bonds is 18. The van der Waals surface area contributed by atoms with Crippen molar-refractivity contribution in [2.45, 2.75) is 116 Å². The minimum absolute atomic E-state index is 0.0916. The summed E-state index contributed by atoms with van der Waals surface area (Å²) in [7, 11) is 1.53. The molecule has 1 unspecified atom stereocenters. The predicted octanol–water partition coefficient (Wildman–Crippen LogP) is 6.06.